The monoisotopic (exact) mass is 1250 g/mol. The van der Waals surface area contributed by atoms with E-state index in [0.717, 1.165) is 231 Å². The van der Waals surface area contributed by atoms with E-state index in [4.69, 9.17) is 61.3 Å². The zero-order valence-electron chi connectivity index (χ0n) is 52.5. The van der Waals surface area contributed by atoms with Gasteiger partial charge in [-0.3, -0.25) is 57.5 Å². The Balaban J connectivity index is -0.000000175. The predicted octanol–water partition coefficient (Wildman–Crippen LogP) is 14.9. The van der Waals surface area contributed by atoms with Crippen LogP contribution in [0.2, 0.25) is 0 Å². The highest BCUT2D eigenvalue weighted by molar-refractivity contribution is 5.69. The Bertz CT molecular complexity index is 1300. The van der Waals surface area contributed by atoms with Gasteiger partial charge in [-0.05, 0) is 84.0 Å². The molecule has 0 rings (SSSR count). The van der Waals surface area contributed by atoms with Crippen LogP contribution in [0.3, 0.4) is 0 Å². The number of carboxylic acid groups (broad SMARTS) is 12. The number of hydrogen-bond acceptors (Lipinski definition) is 12. The molecule has 0 heterocycles. The van der Waals surface area contributed by atoms with Gasteiger partial charge in [0.25, 0.3) is 0 Å². The summed E-state index contributed by atoms with van der Waals surface area (Å²) in [6.07, 6.45) is 36.7. The number of carbonyl (C=O) groups is 12. The van der Waals surface area contributed by atoms with Gasteiger partial charge in [0, 0.05) is 77.0 Å². The van der Waals surface area contributed by atoms with Gasteiger partial charge in [-0.1, -0.05) is 160 Å². The first kappa shape index (κ1) is 94.1. The zero-order chi connectivity index (χ0) is 67.6. The van der Waals surface area contributed by atoms with E-state index >= 15 is 0 Å². The van der Waals surface area contributed by atoms with Crippen molar-refractivity contribution in [2.75, 3.05) is 0 Å². The lowest BCUT2D eigenvalue weighted by molar-refractivity contribution is -0.138. The van der Waals surface area contributed by atoms with Gasteiger partial charge < -0.3 is 61.3 Å². The predicted molar refractivity (Wildman–Crippen MR) is 329 cm³/mol. The maximum Gasteiger partial charge on any atom is 0.303 e. The van der Waals surface area contributed by atoms with Crippen molar-refractivity contribution in [1.29, 1.82) is 0 Å². The molecule has 510 valence electrons. The molecule has 12 N–H and O–H groups in total. The molecule has 0 aliphatic rings. The van der Waals surface area contributed by atoms with E-state index in [-0.39, 0.29) is 77.0 Å². The Hall–Kier alpha value is -6.62. The SMILES string of the molecule is C=CC.O=C(O)CCCCCCCCC(=O)O.O=C(O)CCCCCCCCC(=O)O.O=C(O)CCCCCCCCC(=O)O.O=C(O)CCCCCCCCC(=O)O.O=C(O)CCCCCCCCC(=O)O.O=C(O)CCCCCCCCC(=O)O. The molecule has 0 aliphatic carbocycles. The summed E-state index contributed by atoms with van der Waals surface area (Å²) in [5.41, 5.74) is 0. The van der Waals surface area contributed by atoms with Crippen molar-refractivity contribution in [3.8, 4) is 0 Å². The Morgan fingerprint density at radius 3 is 0.264 bits per heavy atom. The third-order valence-corrected chi connectivity index (χ3v) is 12.2. The van der Waals surface area contributed by atoms with Crippen LogP contribution in [-0.2, 0) is 57.5 Å². The summed E-state index contributed by atoms with van der Waals surface area (Å²) < 4.78 is 0. The number of unbranched alkanes of at least 4 members (excludes halogenated alkanes) is 30. The highest BCUT2D eigenvalue weighted by Crippen LogP contribution is 2.13. The first-order valence-corrected chi connectivity index (χ1v) is 31.4. The lowest BCUT2D eigenvalue weighted by atomic mass is 10.1. The molecule has 0 bridgehead atoms. The van der Waals surface area contributed by atoms with Gasteiger partial charge >= 0.3 is 71.6 Å². The van der Waals surface area contributed by atoms with Gasteiger partial charge in [0.1, 0.15) is 0 Å². The second-order valence-electron chi connectivity index (χ2n) is 20.9. The molecule has 0 saturated carbocycles. The van der Waals surface area contributed by atoms with Crippen LogP contribution in [0.1, 0.15) is 315 Å². The van der Waals surface area contributed by atoms with Crippen LogP contribution in [-0.4, -0.2) is 133 Å². The van der Waals surface area contributed by atoms with Crippen LogP contribution in [0.4, 0.5) is 0 Å². The molecule has 0 unspecified atom stereocenters. The van der Waals surface area contributed by atoms with Gasteiger partial charge in [-0.15, -0.1) is 6.58 Å². The lowest BCUT2D eigenvalue weighted by Crippen LogP contribution is -1.94. The summed E-state index contributed by atoms with van der Waals surface area (Å²) >= 11 is 0. The molecule has 0 radical (unpaired) electrons. The van der Waals surface area contributed by atoms with Crippen LogP contribution >= 0.6 is 0 Å². The minimum absolute atomic E-state index is 0.245. The van der Waals surface area contributed by atoms with E-state index < -0.39 is 71.6 Å². The average Bonchev–Trinajstić information content (AvgIpc) is 3.41. The Morgan fingerprint density at radius 1 is 0.172 bits per heavy atom. The van der Waals surface area contributed by atoms with Crippen LogP contribution in [0.25, 0.3) is 0 Å². The molecule has 24 heteroatoms. The standard InChI is InChI=1S/6C10H18O4.C3H6/c6*11-9(12)7-5-3-1-2-4-6-8-10(13)14;1-3-2/h6*1-8H2,(H,11,12)(H,13,14);3H,1H2,2H3. The molecule has 0 amide bonds. The first-order chi connectivity index (χ1) is 41.2. The fraction of sp³-hybridized carbons (Fsp3) is 0.778. The number of carboxylic acids is 12. The van der Waals surface area contributed by atoms with Crippen molar-refractivity contribution >= 4 is 71.6 Å². The summed E-state index contributed by atoms with van der Waals surface area (Å²) in [4.78, 5) is 122. The third-order valence-electron chi connectivity index (χ3n) is 12.2. The van der Waals surface area contributed by atoms with Gasteiger partial charge in [-0.25, -0.2) is 0 Å². The molecule has 0 saturated heterocycles. The second kappa shape index (κ2) is 79.4. The highest BCUT2D eigenvalue weighted by Gasteiger charge is 2.04. The minimum atomic E-state index is -0.740. The molecule has 0 aliphatic heterocycles. The van der Waals surface area contributed by atoms with Gasteiger partial charge in [0.05, 0.1) is 0 Å². The van der Waals surface area contributed by atoms with Crippen molar-refractivity contribution in [1.82, 2.24) is 0 Å². The van der Waals surface area contributed by atoms with Crippen molar-refractivity contribution in [3.63, 3.8) is 0 Å². The molecule has 0 fully saturated rings. The van der Waals surface area contributed by atoms with E-state index in [0.29, 0.717) is 0 Å². The quantitative estimate of drug-likeness (QED) is 0.0199. The van der Waals surface area contributed by atoms with E-state index in [9.17, 15) is 57.5 Å². The van der Waals surface area contributed by atoms with Crippen molar-refractivity contribution < 1.29 is 119 Å². The van der Waals surface area contributed by atoms with Crippen LogP contribution < -0.4 is 0 Å². The summed E-state index contributed by atoms with van der Waals surface area (Å²) in [5.74, 6) is -8.88. The first-order valence-electron chi connectivity index (χ1n) is 31.4. The smallest absolute Gasteiger partial charge is 0.303 e. The third kappa shape index (κ3) is 135. The van der Waals surface area contributed by atoms with E-state index in [1.54, 1.807) is 6.08 Å². The minimum Gasteiger partial charge on any atom is -0.481 e. The largest absolute Gasteiger partial charge is 0.481 e. The second-order valence-corrected chi connectivity index (χ2v) is 20.9. The zero-order valence-corrected chi connectivity index (χ0v) is 52.5. The summed E-state index contributed by atoms with van der Waals surface area (Å²) in [6.45, 7) is 5.25. The molecule has 0 aromatic rings. The Morgan fingerprint density at radius 2 is 0.218 bits per heavy atom. The summed E-state index contributed by atoms with van der Waals surface area (Å²) in [5, 5.41) is 100. The van der Waals surface area contributed by atoms with E-state index in [1.807, 2.05) is 6.92 Å². The number of rotatable bonds is 54. The summed E-state index contributed by atoms with van der Waals surface area (Å²) in [7, 11) is 0. The maximum absolute atomic E-state index is 10.1. The van der Waals surface area contributed by atoms with Crippen molar-refractivity contribution in [2.45, 2.75) is 315 Å². The Labute approximate surface area is 516 Å². The molecular weight excluding hydrogens is 1140 g/mol. The molecular formula is C63H114O24. The van der Waals surface area contributed by atoms with E-state index in [2.05, 4.69) is 6.58 Å². The maximum atomic E-state index is 10.1. The molecule has 24 nitrogen and oxygen atoms in total. The lowest BCUT2D eigenvalue weighted by Gasteiger charge is -1.98. The average molecular weight is 1260 g/mol. The number of aliphatic carboxylic acids is 12. The molecule has 0 aromatic heterocycles. The Kier molecular flexibility index (Phi) is 85.8. The fourth-order valence-corrected chi connectivity index (χ4v) is 7.56. The van der Waals surface area contributed by atoms with Crippen LogP contribution in [0.5, 0.6) is 0 Å². The van der Waals surface area contributed by atoms with Crippen LogP contribution in [0.15, 0.2) is 12.7 Å². The molecule has 87 heavy (non-hydrogen) atoms. The normalized spacial score (nSPS) is 9.80. The number of hydrogen-bond donors (Lipinski definition) is 12. The highest BCUT2D eigenvalue weighted by atomic mass is 16.4. The molecule has 0 spiro atoms. The van der Waals surface area contributed by atoms with Crippen molar-refractivity contribution in [3.05, 3.63) is 12.7 Å². The van der Waals surface area contributed by atoms with E-state index in [1.165, 1.54) is 0 Å². The number of allylic oxidation sites excluding steroid dienone is 1. The molecule has 0 atom stereocenters. The topological polar surface area (TPSA) is 448 Å². The van der Waals surface area contributed by atoms with Gasteiger partial charge in [-0.2, -0.15) is 0 Å². The fourth-order valence-electron chi connectivity index (χ4n) is 7.56. The van der Waals surface area contributed by atoms with Gasteiger partial charge in [0.15, 0.2) is 0 Å². The molecule has 0 aromatic carbocycles. The summed E-state index contributed by atoms with van der Waals surface area (Å²) in [6, 6.07) is 0. The van der Waals surface area contributed by atoms with Crippen LogP contribution in [0, 0.1) is 0 Å². The van der Waals surface area contributed by atoms with Gasteiger partial charge in [0.2, 0.25) is 0 Å². The van der Waals surface area contributed by atoms with Crippen molar-refractivity contribution in [2.24, 2.45) is 0 Å².